The predicted molar refractivity (Wildman–Crippen MR) is 88.1 cm³/mol. The summed E-state index contributed by atoms with van der Waals surface area (Å²) < 4.78 is 10.2. The Bertz CT molecular complexity index is 539. The maximum absolute atomic E-state index is 12.3. The van der Waals surface area contributed by atoms with Crippen LogP contribution in [0.2, 0.25) is 0 Å². The van der Waals surface area contributed by atoms with E-state index in [0.29, 0.717) is 24.7 Å². The molecule has 1 aliphatic heterocycles. The molecular formula is C16H24N2O4S. The zero-order valence-electron chi connectivity index (χ0n) is 14.0. The van der Waals surface area contributed by atoms with Gasteiger partial charge in [-0.1, -0.05) is 5.16 Å². The Kier molecular flexibility index (Phi) is 6.50. The minimum atomic E-state index is -0.187. The smallest absolute Gasteiger partial charge is 0.310 e. The van der Waals surface area contributed by atoms with Crippen LogP contribution in [0.1, 0.15) is 36.8 Å². The van der Waals surface area contributed by atoms with Crippen LogP contribution in [0, 0.1) is 19.8 Å². The zero-order chi connectivity index (χ0) is 16.8. The average molecular weight is 340 g/mol. The number of rotatable bonds is 6. The molecule has 0 spiro atoms. The Morgan fingerprint density at radius 1 is 1.43 bits per heavy atom. The van der Waals surface area contributed by atoms with E-state index in [4.69, 9.17) is 9.26 Å². The monoisotopic (exact) mass is 340 g/mol. The number of aromatic nitrogens is 1. The Labute approximate surface area is 140 Å². The van der Waals surface area contributed by atoms with Gasteiger partial charge in [0.05, 0.1) is 24.0 Å². The fraction of sp³-hybridized carbons (Fsp3) is 0.688. The molecular weight excluding hydrogens is 316 g/mol. The molecule has 1 aliphatic rings. The van der Waals surface area contributed by atoms with E-state index in [2.05, 4.69) is 5.16 Å². The standard InChI is InChI=1S/C16H24N2O4S/c1-4-21-16(20)13-6-5-7-18(8-13)15(19)10-23-9-14-11(2)17-22-12(14)3/h13H,4-10H2,1-3H3. The summed E-state index contributed by atoms with van der Waals surface area (Å²) in [6, 6.07) is 0. The number of hydrogen-bond donors (Lipinski definition) is 0. The number of aryl methyl sites for hydroxylation is 2. The van der Waals surface area contributed by atoms with Crippen molar-refractivity contribution in [2.75, 3.05) is 25.4 Å². The molecule has 1 aromatic heterocycles. The number of piperidine rings is 1. The lowest BCUT2D eigenvalue weighted by Crippen LogP contribution is -2.43. The van der Waals surface area contributed by atoms with Crippen molar-refractivity contribution in [3.63, 3.8) is 0 Å². The van der Waals surface area contributed by atoms with Crippen LogP contribution >= 0.6 is 11.8 Å². The van der Waals surface area contributed by atoms with E-state index in [1.807, 2.05) is 13.8 Å². The third-order valence-corrected chi connectivity index (χ3v) is 4.99. The van der Waals surface area contributed by atoms with E-state index in [0.717, 1.165) is 36.4 Å². The first-order chi connectivity index (χ1) is 11.0. The van der Waals surface area contributed by atoms with Crippen LogP contribution in [-0.2, 0) is 20.1 Å². The lowest BCUT2D eigenvalue weighted by molar-refractivity contribution is -0.151. The lowest BCUT2D eigenvalue weighted by atomic mass is 9.98. The number of nitrogens with zero attached hydrogens (tertiary/aromatic N) is 2. The van der Waals surface area contributed by atoms with Crippen LogP contribution in [0.4, 0.5) is 0 Å². The summed E-state index contributed by atoms with van der Waals surface area (Å²) in [5.41, 5.74) is 1.94. The van der Waals surface area contributed by atoms with Gasteiger partial charge in [0.2, 0.25) is 5.91 Å². The highest BCUT2D eigenvalue weighted by atomic mass is 32.2. The fourth-order valence-electron chi connectivity index (χ4n) is 2.70. The first-order valence-electron chi connectivity index (χ1n) is 7.96. The summed E-state index contributed by atoms with van der Waals surface area (Å²) in [6.45, 7) is 7.17. The highest BCUT2D eigenvalue weighted by Gasteiger charge is 2.29. The third kappa shape index (κ3) is 4.73. The molecule has 0 saturated carbocycles. The van der Waals surface area contributed by atoms with Gasteiger partial charge in [-0.15, -0.1) is 11.8 Å². The van der Waals surface area contributed by atoms with E-state index < -0.39 is 0 Å². The SMILES string of the molecule is CCOC(=O)C1CCCN(C(=O)CSCc2c(C)noc2C)C1. The second-order valence-electron chi connectivity index (χ2n) is 5.73. The number of esters is 1. The number of ether oxygens (including phenoxy) is 1. The van der Waals surface area contributed by atoms with Gasteiger partial charge >= 0.3 is 5.97 Å². The van der Waals surface area contributed by atoms with Gasteiger partial charge in [-0.25, -0.2) is 0 Å². The van der Waals surface area contributed by atoms with Gasteiger partial charge in [0.15, 0.2) is 0 Å². The molecule has 0 aromatic carbocycles. The van der Waals surface area contributed by atoms with Crippen molar-refractivity contribution in [3.8, 4) is 0 Å². The fourth-order valence-corrected chi connectivity index (χ4v) is 3.77. The second kappa shape index (κ2) is 8.38. The van der Waals surface area contributed by atoms with E-state index >= 15 is 0 Å². The molecule has 2 heterocycles. The van der Waals surface area contributed by atoms with Gasteiger partial charge in [-0.3, -0.25) is 9.59 Å². The molecule has 7 heteroatoms. The van der Waals surface area contributed by atoms with Crippen molar-refractivity contribution in [2.45, 2.75) is 39.4 Å². The summed E-state index contributed by atoms with van der Waals surface area (Å²) in [5.74, 6) is 1.63. The third-order valence-electron chi connectivity index (χ3n) is 4.05. The van der Waals surface area contributed by atoms with Crippen molar-refractivity contribution < 1.29 is 18.8 Å². The molecule has 1 aromatic rings. The summed E-state index contributed by atoms with van der Waals surface area (Å²) in [7, 11) is 0. The normalized spacial score (nSPS) is 18.0. The Balaban J connectivity index is 1.80. The van der Waals surface area contributed by atoms with Crippen LogP contribution in [-0.4, -0.2) is 47.4 Å². The van der Waals surface area contributed by atoms with Gasteiger partial charge in [0.25, 0.3) is 0 Å². The Hall–Kier alpha value is -1.50. The summed E-state index contributed by atoms with van der Waals surface area (Å²) in [4.78, 5) is 25.9. The minimum absolute atomic E-state index is 0.0794. The van der Waals surface area contributed by atoms with Crippen molar-refractivity contribution in [1.82, 2.24) is 10.1 Å². The number of amides is 1. The van der Waals surface area contributed by atoms with E-state index in [-0.39, 0.29) is 17.8 Å². The molecule has 2 rings (SSSR count). The van der Waals surface area contributed by atoms with E-state index in [1.54, 1.807) is 23.6 Å². The highest BCUT2D eigenvalue weighted by molar-refractivity contribution is 7.99. The van der Waals surface area contributed by atoms with Crippen molar-refractivity contribution >= 4 is 23.6 Å². The molecule has 0 bridgehead atoms. The number of hydrogen-bond acceptors (Lipinski definition) is 6. The molecule has 1 saturated heterocycles. The molecule has 0 aliphatic carbocycles. The summed E-state index contributed by atoms with van der Waals surface area (Å²) in [5, 5.41) is 3.92. The molecule has 1 atom stereocenters. The van der Waals surface area contributed by atoms with Crippen LogP contribution in [0.25, 0.3) is 0 Å². The van der Waals surface area contributed by atoms with E-state index in [9.17, 15) is 9.59 Å². The van der Waals surface area contributed by atoms with Gasteiger partial charge in [0.1, 0.15) is 5.76 Å². The lowest BCUT2D eigenvalue weighted by Gasteiger charge is -2.31. The zero-order valence-corrected chi connectivity index (χ0v) is 14.8. The number of carbonyl (C=O) groups excluding carboxylic acids is 2. The first kappa shape index (κ1) is 17.8. The number of carbonyl (C=O) groups is 2. The largest absolute Gasteiger partial charge is 0.466 e. The molecule has 0 N–H and O–H groups in total. The molecule has 1 fully saturated rings. The van der Waals surface area contributed by atoms with Crippen LogP contribution in [0.3, 0.4) is 0 Å². The molecule has 128 valence electrons. The molecule has 6 nitrogen and oxygen atoms in total. The summed E-state index contributed by atoms with van der Waals surface area (Å²) >= 11 is 1.55. The number of likely N-dealkylation sites (tertiary alicyclic amines) is 1. The van der Waals surface area contributed by atoms with Crippen molar-refractivity contribution in [3.05, 3.63) is 17.0 Å². The molecule has 0 radical (unpaired) electrons. The maximum Gasteiger partial charge on any atom is 0.310 e. The Morgan fingerprint density at radius 2 is 2.22 bits per heavy atom. The first-order valence-corrected chi connectivity index (χ1v) is 9.12. The van der Waals surface area contributed by atoms with Gasteiger partial charge in [-0.05, 0) is 33.6 Å². The van der Waals surface area contributed by atoms with Crippen molar-refractivity contribution in [2.24, 2.45) is 5.92 Å². The van der Waals surface area contributed by atoms with Gasteiger partial charge in [-0.2, -0.15) is 0 Å². The molecule has 23 heavy (non-hydrogen) atoms. The van der Waals surface area contributed by atoms with Crippen molar-refractivity contribution in [1.29, 1.82) is 0 Å². The minimum Gasteiger partial charge on any atom is -0.466 e. The molecule has 1 amide bonds. The Morgan fingerprint density at radius 3 is 2.87 bits per heavy atom. The highest BCUT2D eigenvalue weighted by Crippen LogP contribution is 2.22. The quantitative estimate of drug-likeness (QED) is 0.740. The van der Waals surface area contributed by atoms with Gasteiger partial charge < -0.3 is 14.2 Å². The maximum atomic E-state index is 12.3. The summed E-state index contributed by atoms with van der Waals surface area (Å²) in [6.07, 6.45) is 1.65. The molecule has 1 unspecified atom stereocenters. The van der Waals surface area contributed by atoms with Crippen LogP contribution < -0.4 is 0 Å². The number of thioether (sulfide) groups is 1. The van der Waals surface area contributed by atoms with E-state index in [1.165, 1.54) is 0 Å². The second-order valence-corrected chi connectivity index (χ2v) is 6.71. The van der Waals surface area contributed by atoms with Gasteiger partial charge in [0, 0.05) is 24.4 Å². The predicted octanol–water partition coefficient (Wildman–Crippen LogP) is 2.33. The van der Waals surface area contributed by atoms with Crippen LogP contribution in [0.15, 0.2) is 4.52 Å². The topological polar surface area (TPSA) is 72.6 Å². The average Bonchev–Trinajstić information content (AvgIpc) is 2.87. The van der Waals surface area contributed by atoms with Crippen LogP contribution in [0.5, 0.6) is 0 Å².